The Morgan fingerprint density at radius 1 is 0.556 bits per heavy atom. The molecule has 5 atom stereocenters. The number of nitrogens with zero attached hydrogens (tertiary/aromatic N) is 1. The normalized spacial score (nSPS) is 22.6. The molecule has 8 aromatic carbocycles. The van der Waals surface area contributed by atoms with Gasteiger partial charge < -0.3 is 5.32 Å². The zero-order chi connectivity index (χ0) is 41.5. The summed E-state index contributed by atoms with van der Waals surface area (Å²) in [6.45, 7) is 0. The van der Waals surface area contributed by atoms with Gasteiger partial charge in [-0.1, -0.05) is 200 Å². The van der Waals surface area contributed by atoms with E-state index in [1.165, 1.54) is 82.7 Å². The third-order valence-electron chi connectivity index (χ3n) is 14.4. The molecule has 63 heavy (non-hydrogen) atoms. The summed E-state index contributed by atoms with van der Waals surface area (Å²) >= 11 is 0. The maximum atomic E-state index is 5.24. The van der Waals surface area contributed by atoms with Gasteiger partial charge in [0.25, 0.3) is 0 Å². The van der Waals surface area contributed by atoms with Crippen LogP contribution in [0.4, 0.5) is 0 Å². The minimum Gasteiger partial charge on any atom is -0.350 e. The SMILES string of the molecule is C1=CC2c3ccccc3C3(c4cc(-c5ccc(C6NC(C7=CCCC=C7)=NC(c7ccccc7)N6)c6ccccc56)ccc4-c4c(-c5ccccc5)cc5ccccc5c43)C2C=C1. The number of allylic oxidation sites excluding steroid dienone is 6. The van der Waals surface area contributed by atoms with Crippen LogP contribution in [0.5, 0.6) is 0 Å². The molecule has 0 radical (unpaired) electrons. The van der Waals surface area contributed by atoms with Crippen molar-refractivity contribution in [3.63, 3.8) is 0 Å². The van der Waals surface area contributed by atoms with Crippen molar-refractivity contribution in [2.75, 3.05) is 0 Å². The fraction of sp³-hybridized carbons (Fsp3) is 0.117. The van der Waals surface area contributed by atoms with Crippen LogP contribution < -0.4 is 10.6 Å². The first-order valence-corrected chi connectivity index (χ1v) is 22.5. The van der Waals surface area contributed by atoms with Gasteiger partial charge in [0.05, 0.1) is 5.41 Å². The summed E-state index contributed by atoms with van der Waals surface area (Å²) < 4.78 is 0. The fourth-order valence-electron chi connectivity index (χ4n) is 11.8. The molecule has 1 heterocycles. The number of hydrogen-bond acceptors (Lipinski definition) is 3. The second-order valence-electron chi connectivity index (χ2n) is 17.7. The van der Waals surface area contributed by atoms with Gasteiger partial charge in [0.2, 0.25) is 0 Å². The summed E-state index contributed by atoms with van der Waals surface area (Å²) in [5, 5.41) is 12.8. The highest BCUT2D eigenvalue weighted by atomic mass is 15.3. The van der Waals surface area contributed by atoms with Crippen LogP contribution >= 0.6 is 0 Å². The highest BCUT2D eigenvalue weighted by Crippen LogP contribution is 2.68. The minimum absolute atomic E-state index is 0.154. The van der Waals surface area contributed by atoms with E-state index in [4.69, 9.17) is 4.99 Å². The molecule has 0 saturated heterocycles. The van der Waals surface area contributed by atoms with Crippen LogP contribution in [-0.4, -0.2) is 5.84 Å². The third-order valence-corrected chi connectivity index (χ3v) is 14.4. The minimum atomic E-state index is -0.399. The topological polar surface area (TPSA) is 36.4 Å². The number of nitrogens with one attached hydrogen (secondary N) is 2. The van der Waals surface area contributed by atoms with Crippen molar-refractivity contribution >= 4 is 27.4 Å². The monoisotopic (exact) mass is 807 g/mol. The summed E-state index contributed by atoms with van der Waals surface area (Å²) in [6, 6.07) is 63.6. The van der Waals surface area contributed by atoms with Crippen LogP contribution in [0.1, 0.15) is 64.5 Å². The molecular weight excluding hydrogens is 763 g/mol. The fourth-order valence-corrected chi connectivity index (χ4v) is 11.8. The summed E-state index contributed by atoms with van der Waals surface area (Å²) in [5.41, 5.74) is 16.5. The van der Waals surface area contributed by atoms with Crippen molar-refractivity contribution in [3.05, 3.63) is 251 Å². The Hall–Kier alpha value is -7.33. The molecular formula is C60H45N3. The molecule has 0 saturated carbocycles. The number of fused-ring (bicyclic) bond motifs is 13. The van der Waals surface area contributed by atoms with Crippen molar-refractivity contribution in [1.29, 1.82) is 0 Å². The van der Waals surface area contributed by atoms with Gasteiger partial charge in [-0.2, -0.15) is 0 Å². The van der Waals surface area contributed by atoms with Gasteiger partial charge in [-0.15, -0.1) is 0 Å². The second kappa shape index (κ2) is 14.4. The molecule has 3 heteroatoms. The molecule has 13 rings (SSSR count). The van der Waals surface area contributed by atoms with Crippen LogP contribution in [0.3, 0.4) is 0 Å². The zero-order valence-corrected chi connectivity index (χ0v) is 34.9. The van der Waals surface area contributed by atoms with Crippen molar-refractivity contribution < 1.29 is 0 Å². The second-order valence-corrected chi connectivity index (χ2v) is 17.7. The molecule has 5 aliphatic rings. The highest BCUT2D eigenvalue weighted by Gasteiger charge is 2.58. The lowest BCUT2D eigenvalue weighted by Gasteiger charge is -2.37. The lowest BCUT2D eigenvalue weighted by Crippen LogP contribution is -2.45. The molecule has 1 spiro atoms. The molecule has 1 aliphatic heterocycles. The van der Waals surface area contributed by atoms with Crippen molar-refractivity contribution in [1.82, 2.24) is 10.6 Å². The standard InChI is InChI=1S/C60H45N3/c1-4-18-38(19-5-1)51-36-41-24-10-11-25-44(41)56-55(51)50-33-32-42(37-54(50)60(56)52-30-16-14-28-47(52)48-29-15-17-31-53(48)60)43-34-35-49(46-27-13-12-26-45(43)46)59-62-57(39-20-6-2-7-21-39)61-58(63-59)40-22-8-3-9-23-40/h1-2,4-8,10-37,47,52,57,59,62H,3,9H2,(H,61,63). The Bertz CT molecular complexity index is 3320. The quantitative estimate of drug-likeness (QED) is 0.182. The smallest absolute Gasteiger partial charge is 0.131 e. The van der Waals surface area contributed by atoms with Gasteiger partial charge in [-0.3, -0.25) is 5.32 Å². The van der Waals surface area contributed by atoms with Gasteiger partial charge in [-0.05, 0) is 113 Å². The number of amidine groups is 1. The van der Waals surface area contributed by atoms with E-state index >= 15 is 0 Å². The maximum Gasteiger partial charge on any atom is 0.131 e. The van der Waals surface area contributed by atoms with Crippen molar-refractivity contribution in [2.24, 2.45) is 10.9 Å². The van der Waals surface area contributed by atoms with Crippen molar-refractivity contribution in [2.45, 2.75) is 36.5 Å². The predicted molar refractivity (Wildman–Crippen MR) is 261 cm³/mol. The van der Waals surface area contributed by atoms with E-state index in [0.717, 1.165) is 29.8 Å². The number of aliphatic imine (C=N–C) groups is 1. The molecule has 300 valence electrons. The van der Waals surface area contributed by atoms with E-state index in [9.17, 15) is 0 Å². The van der Waals surface area contributed by atoms with E-state index in [1.54, 1.807) is 0 Å². The lowest BCUT2D eigenvalue weighted by molar-refractivity contribution is 0.411. The summed E-state index contributed by atoms with van der Waals surface area (Å²) in [7, 11) is 0. The first-order valence-electron chi connectivity index (χ1n) is 22.5. The number of rotatable bonds is 5. The molecule has 0 amide bonds. The van der Waals surface area contributed by atoms with Gasteiger partial charge in [-0.25, -0.2) is 4.99 Å². The molecule has 4 aliphatic carbocycles. The summed E-state index contributed by atoms with van der Waals surface area (Å²) in [4.78, 5) is 5.24. The first kappa shape index (κ1) is 36.3. The Morgan fingerprint density at radius 3 is 2.16 bits per heavy atom. The first-order chi connectivity index (χ1) is 31.3. The van der Waals surface area contributed by atoms with Gasteiger partial charge >= 0.3 is 0 Å². The van der Waals surface area contributed by atoms with Crippen LogP contribution in [0.15, 0.2) is 223 Å². The lowest BCUT2D eigenvalue weighted by atomic mass is 9.64. The molecule has 3 nitrogen and oxygen atoms in total. The predicted octanol–water partition coefficient (Wildman–Crippen LogP) is 14.0. The summed E-state index contributed by atoms with van der Waals surface area (Å²) in [6.07, 6.45) is 18.0. The third kappa shape index (κ3) is 5.46. The molecule has 2 N–H and O–H groups in total. The van der Waals surface area contributed by atoms with Crippen LogP contribution in [0.2, 0.25) is 0 Å². The molecule has 0 aromatic heterocycles. The molecule has 0 bridgehead atoms. The summed E-state index contributed by atoms with van der Waals surface area (Å²) in [5.74, 6) is 1.43. The Balaban J connectivity index is 1.02. The molecule has 8 aromatic rings. The molecule has 0 fully saturated rings. The van der Waals surface area contributed by atoms with E-state index in [0.29, 0.717) is 0 Å². The van der Waals surface area contributed by atoms with E-state index < -0.39 is 5.41 Å². The zero-order valence-electron chi connectivity index (χ0n) is 34.9. The van der Waals surface area contributed by atoms with Crippen molar-refractivity contribution in [3.8, 4) is 33.4 Å². The molecule has 5 unspecified atom stereocenters. The average molecular weight is 808 g/mol. The number of hydrogen-bond donors (Lipinski definition) is 2. The van der Waals surface area contributed by atoms with Gasteiger partial charge in [0, 0.05) is 17.4 Å². The van der Waals surface area contributed by atoms with Crippen LogP contribution in [0.25, 0.3) is 54.9 Å². The maximum absolute atomic E-state index is 5.24. The van der Waals surface area contributed by atoms with E-state index in [2.05, 4.69) is 223 Å². The Labute approximate surface area is 368 Å². The van der Waals surface area contributed by atoms with E-state index in [1.807, 2.05) is 0 Å². The van der Waals surface area contributed by atoms with E-state index in [-0.39, 0.29) is 24.2 Å². The van der Waals surface area contributed by atoms with Gasteiger partial charge in [0.1, 0.15) is 18.2 Å². The largest absolute Gasteiger partial charge is 0.350 e. The van der Waals surface area contributed by atoms with Crippen LogP contribution in [0, 0.1) is 5.92 Å². The Morgan fingerprint density at radius 2 is 1.30 bits per heavy atom. The Kier molecular flexibility index (Phi) is 8.29. The highest BCUT2D eigenvalue weighted by molar-refractivity contribution is 6.08. The average Bonchev–Trinajstić information content (AvgIpc) is 3.84. The van der Waals surface area contributed by atoms with Crippen LogP contribution in [-0.2, 0) is 5.41 Å². The van der Waals surface area contributed by atoms with Gasteiger partial charge in [0.15, 0.2) is 0 Å². The number of benzene rings is 8.